The molecule has 8 heteroatoms. The van der Waals surface area contributed by atoms with Crippen LogP contribution in [0.25, 0.3) is 10.9 Å². The van der Waals surface area contributed by atoms with Crippen molar-refractivity contribution in [2.75, 3.05) is 18.1 Å². The van der Waals surface area contributed by atoms with Crippen LogP contribution in [0.4, 0.5) is 21.6 Å². The number of fused-ring (bicyclic) bond motifs is 3. The van der Waals surface area contributed by atoms with E-state index in [-0.39, 0.29) is 11.1 Å². The molecule has 0 amide bonds. The first kappa shape index (κ1) is 19.3. The Labute approximate surface area is 179 Å². The molecule has 3 heterocycles. The van der Waals surface area contributed by atoms with Gasteiger partial charge in [0, 0.05) is 29.2 Å². The van der Waals surface area contributed by atoms with Crippen LogP contribution in [-0.4, -0.2) is 40.1 Å². The second kappa shape index (κ2) is 7.56. The van der Waals surface area contributed by atoms with E-state index in [1.54, 1.807) is 6.07 Å². The number of anilines is 3. The molecule has 6 nitrogen and oxygen atoms in total. The van der Waals surface area contributed by atoms with Gasteiger partial charge in [-0.3, -0.25) is 0 Å². The summed E-state index contributed by atoms with van der Waals surface area (Å²) in [6.07, 6.45) is 6.16. The summed E-state index contributed by atoms with van der Waals surface area (Å²) in [6.45, 7) is 0. The van der Waals surface area contributed by atoms with Gasteiger partial charge in [0.2, 0.25) is 0 Å². The summed E-state index contributed by atoms with van der Waals surface area (Å²) in [6, 6.07) is 9.30. The summed E-state index contributed by atoms with van der Waals surface area (Å²) < 4.78 is 19.8. The van der Waals surface area contributed by atoms with Crippen LogP contribution in [0.2, 0.25) is 5.02 Å². The zero-order valence-electron chi connectivity index (χ0n) is 16.6. The largest absolute Gasteiger partial charge is 0.488 e. The molecule has 2 saturated heterocycles. The van der Waals surface area contributed by atoms with Crippen LogP contribution >= 0.6 is 11.6 Å². The third kappa shape index (κ3) is 3.52. The highest BCUT2D eigenvalue weighted by molar-refractivity contribution is 6.31. The summed E-state index contributed by atoms with van der Waals surface area (Å²) in [5.74, 6) is 0.757. The van der Waals surface area contributed by atoms with Crippen molar-refractivity contribution in [2.45, 2.75) is 43.9 Å². The topological polar surface area (TPSA) is 76.3 Å². The number of nitrogens with one attached hydrogen (secondary N) is 1. The fraction of sp³-hybridized carbons (Fsp3) is 0.364. The van der Waals surface area contributed by atoms with Crippen molar-refractivity contribution in [3.05, 3.63) is 47.5 Å². The molecule has 2 aliphatic rings. The highest BCUT2D eigenvalue weighted by atomic mass is 35.5. The SMILES string of the molecule is CN1C2CCC1CC(Oc1cc3ncnc(Nc4ccc(F)c(Cl)c4)c3cc1N)C2. The van der Waals surface area contributed by atoms with Gasteiger partial charge in [0.25, 0.3) is 0 Å². The average molecular weight is 428 g/mol. The van der Waals surface area contributed by atoms with E-state index in [1.165, 1.54) is 31.3 Å². The molecule has 1 aromatic heterocycles. The van der Waals surface area contributed by atoms with E-state index in [0.29, 0.717) is 35.0 Å². The summed E-state index contributed by atoms with van der Waals surface area (Å²) in [4.78, 5) is 11.2. The fourth-order valence-electron chi connectivity index (χ4n) is 4.65. The monoisotopic (exact) mass is 427 g/mol. The molecule has 3 N–H and O–H groups in total. The first-order valence-corrected chi connectivity index (χ1v) is 10.5. The number of nitrogen functional groups attached to an aromatic ring is 1. The first-order chi connectivity index (χ1) is 14.5. The molecule has 30 heavy (non-hydrogen) atoms. The van der Waals surface area contributed by atoms with Crippen molar-refractivity contribution in [3.8, 4) is 5.75 Å². The molecule has 5 rings (SSSR count). The molecular formula is C22H23ClFN5O. The lowest BCUT2D eigenvalue weighted by atomic mass is 10.0. The van der Waals surface area contributed by atoms with Crippen molar-refractivity contribution >= 4 is 39.7 Å². The van der Waals surface area contributed by atoms with E-state index < -0.39 is 5.82 Å². The van der Waals surface area contributed by atoms with Gasteiger partial charge in [0.15, 0.2) is 0 Å². The predicted molar refractivity (Wildman–Crippen MR) is 117 cm³/mol. The van der Waals surface area contributed by atoms with Crippen LogP contribution in [0.1, 0.15) is 25.7 Å². The van der Waals surface area contributed by atoms with E-state index >= 15 is 0 Å². The van der Waals surface area contributed by atoms with Gasteiger partial charge in [-0.1, -0.05) is 11.6 Å². The quantitative estimate of drug-likeness (QED) is 0.585. The maximum absolute atomic E-state index is 13.4. The molecule has 2 unspecified atom stereocenters. The Bertz CT molecular complexity index is 1100. The van der Waals surface area contributed by atoms with E-state index in [2.05, 4.69) is 27.2 Å². The third-order valence-electron chi connectivity index (χ3n) is 6.30. The number of halogens is 2. The molecule has 0 saturated carbocycles. The summed E-state index contributed by atoms with van der Waals surface area (Å²) in [5.41, 5.74) is 8.23. The Balaban J connectivity index is 1.41. The Kier molecular flexibility index (Phi) is 4.87. The van der Waals surface area contributed by atoms with Gasteiger partial charge < -0.3 is 20.7 Å². The van der Waals surface area contributed by atoms with Crippen LogP contribution in [0, 0.1) is 5.82 Å². The van der Waals surface area contributed by atoms with E-state index in [1.807, 2.05) is 12.1 Å². The minimum Gasteiger partial charge on any atom is -0.488 e. The zero-order valence-corrected chi connectivity index (χ0v) is 17.4. The number of piperidine rings is 1. The van der Waals surface area contributed by atoms with Crippen molar-refractivity contribution in [2.24, 2.45) is 0 Å². The van der Waals surface area contributed by atoms with Crippen LogP contribution in [0.5, 0.6) is 5.75 Å². The highest BCUT2D eigenvalue weighted by Gasteiger charge is 2.39. The molecule has 156 valence electrons. The van der Waals surface area contributed by atoms with Gasteiger partial charge in [-0.15, -0.1) is 0 Å². The molecule has 3 aromatic rings. The second-order valence-electron chi connectivity index (χ2n) is 8.15. The van der Waals surface area contributed by atoms with Crippen molar-refractivity contribution in [1.82, 2.24) is 14.9 Å². The summed E-state index contributed by atoms with van der Waals surface area (Å²) >= 11 is 5.88. The Morgan fingerprint density at radius 3 is 2.67 bits per heavy atom. The molecule has 2 atom stereocenters. The zero-order chi connectivity index (χ0) is 20.8. The number of rotatable bonds is 4. The van der Waals surface area contributed by atoms with Crippen LogP contribution in [0.3, 0.4) is 0 Å². The van der Waals surface area contributed by atoms with Crippen LogP contribution in [0.15, 0.2) is 36.7 Å². The van der Waals surface area contributed by atoms with Crippen molar-refractivity contribution in [3.63, 3.8) is 0 Å². The third-order valence-corrected chi connectivity index (χ3v) is 6.59. The first-order valence-electron chi connectivity index (χ1n) is 10.1. The number of nitrogens with zero attached hydrogens (tertiary/aromatic N) is 3. The van der Waals surface area contributed by atoms with Crippen molar-refractivity contribution < 1.29 is 9.13 Å². The van der Waals surface area contributed by atoms with Gasteiger partial charge in [0.1, 0.15) is 29.8 Å². The highest BCUT2D eigenvalue weighted by Crippen LogP contribution is 2.38. The summed E-state index contributed by atoms with van der Waals surface area (Å²) in [5, 5.41) is 3.96. The van der Waals surface area contributed by atoms with Gasteiger partial charge >= 0.3 is 0 Å². The molecule has 0 aliphatic carbocycles. The number of aromatic nitrogens is 2. The minimum absolute atomic E-state index is 0.0423. The summed E-state index contributed by atoms with van der Waals surface area (Å²) in [7, 11) is 2.21. The lowest BCUT2D eigenvalue weighted by Crippen LogP contribution is -2.43. The Hall–Kier alpha value is -2.64. The predicted octanol–water partition coefficient (Wildman–Crippen LogP) is 4.75. The number of hydrogen-bond donors (Lipinski definition) is 2. The van der Waals surface area contributed by atoms with E-state index in [4.69, 9.17) is 22.1 Å². The normalized spacial score (nSPS) is 23.6. The number of hydrogen-bond acceptors (Lipinski definition) is 6. The Morgan fingerprint density at radius 2 is 1.93 bits per heavy atom. The standard InChI is InChI=1S/C22H23ClFN5O/c1-29-13-3-4-14(29)8-15(7-13)30-21-10-20-16(9-19(21)25)22(27-11-26-20)28-12-2-5-18(24)17(23)6-12/h2,5-6,9-11,13-15H,3-4,7-8,25H2,1H3,(H,26,27,28). The van der Waals surface area contributed by atoms with Gasteiger partial charge in [-0.2, -0.15) is 0 Å². The molecule has 0 spiro atoms. The van der Waals surface area contributed by atoms with Gasteiger partial charge in [-0.25, -0.2) is 14.4 Å². The molecular weight excluding hydrogens is 405 g/mol. The molecule has 2 aromatic carbocycles. The molecule has 2 aliphatic heterocycles. The number of ether oxygens (including phenoxy) is 1. The van der Waals surface area contributed by atoms with Gasteiger partial charge in [-0.05, 0) is 57.0 Å². The van der Waals surface area contributed by atoms with Crippen LogP contribution < -0.4 is 15.8 Å². The molecule has 2 fully saturated rings. The maximum atomic E-state index is 13.4. The molecule has 2 bridgehead atoms. The maximum Gasteiger partial charge on any atom is 0.144 e. The lowest BCUT2D eigenvalue weighted by molar-refractivity contribution is 0.0667. The fourth-order valence-corrected chi connectivity index (χ4v) is 4.83. The second-order valence-corrected chi connectivity index (χ2v) is 8.55. The van der Waals surface area contributed by atoms with E-state index in [0.717, 1.165) is 23.7 Å². The van der Waals surface area contributed by atoms with E-state index in [9.17, 15) is 4.39 Å². The Morgan fingerprint density at radius 1 is 1.17 bits per heavy atom. The van der Waals surface area contributed by atoms with Crippen molar-refractivity contribution in [1.29, 1.82) is 0 Å². The lowest BCUT2D eigenvalue weighted by Gasteiger charge is -2.36. The number of nitrogens with two attached hydrogens (primary N) is 1. The number of benzene rings is 2. The van der Waals surface area contributed by atoms with Gasteiger partial charge in [0.05, 0.1) is 16.2 Å². The molecule has 0 radical (unpaired) electrons. The van der Waals surface area contributed by atoms with Crippen LogP contribution in [-0.2, 0) is 0 Å². The minimum atomic E-state index is -0.469. The smallest absolute Gasteiger partial charge is 0.144 e. The average Bonchev–Trinajstić information content (AvgIpc) is 2.93.